The van der Waals surface area contributed by atoms with Gasteiger partial charge in [-0.3, -0.25) is 0 Å². The monoisotopic (exact) mass is 215 g/mol. The molecule has 1 atom stereocenters. The van der Waals surface area contributed by atoms with Gasteiger partial charge in [-0.1, -0.05) is 34.1 Å². The highest BCUT2D eigenvalue weighted by molar-refractivity contribution is 4.76. The van der Waals surface area contributed by atoms with Gasteiger partial charge in [0.1, 0.15) is 0 Å². The first-order chi connectivity index (χ1) is 6.96. The molecule has 0 radical (unpaired) electrons. The van der Waals surface area contributed by atoms with Crippen LogP contribution in [0.1, 0.15) is 53.9 Å². The third kappa shape index (κ3) is 6.16. The number of unbranched alkanes of at least 4 members (excludes halogenated alkanes) is 1. The van der Waals surface area contributed by atoms with Crippen molar-refractivity contribution in [1.29, 1.82) is 0 Å². The molecule has 92 valence electrons. The lowest BCUT2D eigenvalue weighted by atomic mass is 9.93. The van der Waals surface area contributed by atoms with Crippen LogP contribution in [0.2, 0.25) is 0 Å². The van der Waals surface area contributed by atoms with Crippen LogP contribution in [0.4, 0.5) is 0 Å². The van der Waals surface area contributed by atoms with Gasteiger partial charge >= 0.3 is 0 Å². The van der Waals surface area contributed by atoms with E-state index >= 15 is 0 Å². The van der Waals surface area contributed by atoms with Crippen LogP contribution < -0.4 is 0 Å². The Morgan fingerprint density at radius 1 is 1.27 bits per heavy atom. The molecule has 0 saturated heterocycles. The molecule has 0 aromatic rings. The van der Waals surface area contributed by atoms with Crippen molar-refractivity contribution >= 4 is 0 Å². The first-order valence-corrected chi connectivity index (χ1v) is 6.31. The van der Waals surface area contributed by atoms with Crippen LogP contribution in [0, 0.1) is 5.41 Å². The number of aliphatic hydroxyl groups excluding tert-OH is 1. The SMILES string of the molecule is CCCCN(CC(C)(C)CO)C(C)CC. The van der Waals surface area contributed by atoms with E-state index in [-0.39, 0.29) is 12.0 Å². The Labute approximate surface area is 95.7 Å². The first kappa shape index (κ1) is 14.9. The summed E-state index contributed by atoms with van der Waals surface area (Å²) in [6, 6.07) is 0.627. The van der Waals surface area contributed by atoms with Gasteiger partial charge in [0.25, 0.3) is 0 Å². The maximum Gasteiger partial charge on any atom is 0.0494 e. The molecule has 2 nitrogen and oxygen atoms in total. The number of aliphatic hydroxyl groups is 1. The molecule has 0 rings (SSSR count). The summed E-state index contributed by atoms with van der Waals surface area (Å²) in [6.45, 7) is 13.4. The molecule has 0 aliphatic rings. The van der Waals surface area contributed by atoms with Crippen molar-refractivity contribution in [1.82, 2.24) is 4.90 Å². The van der Waals surface area contributed by atoms with Crippen molar-refractivity contribution in [2.45, 2.75) is 59.9 Å². The van der Waals surface area contributed by atoms with Crippen molar-refractivity contribution < 1.29 is 5.11 Å². The Morgan fingerprint density at radius 2 is 1.87 bits per heavy atom. The minimum absolute atomic E-state index is 0.0250. The van der Waals surface area contributed by atoms with Gasteiger partial charge in [0.15, 0.2) is 0 Å². The van der Waals surface area contributed by atoms with E-state index in [0.29, 0.717) is 6.04 Å². The second kappa shape index (κ2) is 7.24. The van der Waals surface area contributed by atoms with Gasteiger partial charge in [-0.15, -0.1) is 0 Å². The molecule has 0 aromatic carbocycles. The highest BCUT2D eigenvalue weighted by atomic mass is 16.3. The number of nitrogens with zero attached hydrogens (tertiary/aromatic N) is 1. The molecule has 2 heteroatoms. The molecule has 0 bridgehead atoms. The van der Waals surface area contributed by atoms with Crippen LogP contribution in [0.3, 0.4) is 0 Å². The molecule has 15 heavy (non-hydrogen) atoms. The second-order valence-corrected chi connectivity index (χ2v) is 5.40. The van der Waals surface area contributed by atoms with E-state index in [0.717, 1.165) is 13.1 Å². The van der Waals surface area contributed by atoms with E-state index in [1.807, 2.05) is 0 Å². The van der Waals surface area contributed by atoms with Gasteiger partial charge in [-0.25, -0.2) is 0 Å². The van der Waals surface area contributed by atoms with E-state index < -0.39 is 0 Å². The zero-order chi connectivity index (χ0) is 11.9. The Bertz CT molecular complexity index is 157. The highest BCUT2D eigenvalue weighted by Gasteiger charge is 2.22. The fourth-order valence-electron chi connectivity index (χ4n) is 1.67. The summed E-state index contributed by atoms with van der Waals surface area (Å²) < 4.78 is 0. The van der Waals surface area contributed by atoms with E-state index in [1.165, 1.54) is 19.3 Å². The molecule has 0 spiro atoms. The standard InChI is InChI=1S/C13H29NO/c1-6-8-9-14(12(3)7-2)10-13(4,5)11-15/h12,15H,6-11H2,1-5H3. The highest BCUT2D eigenvalue weighted by Crippen LogP contribution is 2.18. The molecule has 0 aliphatic heterocycles. The molecular formula is C13H29NO. The molecule has 1 unspecified atom stereocenters. The third-order valence-electron chi connectivity index (χ3n) is 3.07. The summed E-state index contributed by atoms with van der Waals surface area (Å²) in [6.07, 6.45) is 3.68. The van der Waals surface area contributed by atoms with Gasteiger partial charge in [0.05, 0.1) is 0 Å². The Morgan fingerprint density at radius 3 is 2.27 bits per heavy atom. The Hall–Kier alpha value is -0.0800. The van der Waals surface area contributed by atoms with Crippen molar-refractivity contribution in [2.75, 3.05) is 19.7 Å². The predicted molar refractivity (Wildman–Crippen MR) is 67.1 cm³/mol. The van der Waals surface area contributed by atoms with Crippen LogP contribution in [0.15, 0.2) is 0 Å². The maximum absolute atomic E-state index is 9.30. The molecule has 0 saturated carbocycles. The molecule has 0 heterocycles. The van der Waals surface area contributed by atoms with Gasteiger partial charge in [0.2, 0.25) is 0 Å². The molecular weight excluding hydrogens is 186 g/mol. The number of hydrogen-bond donors (Lipinski definition) is 1. The normalized spacial score (nSPS) is 14.6. The summed E-state index contributed by atoms with van der Waals surface area (Å²) in [4.78, 5) is 2.51. The van der Waals surface area contributed by atoms with Crippen LogP contribution in [0.25, 0.3) is 0 Å². The zero-order valence-electron chi connectivity index (χ0n) is 11.2. The number of hydrogen-bond acceptors (Lipinski definition) is 2. The fraction of sp³-hybridized carbons (Fsp3) is 1.00. The molecule has 0 aliphatic carbocycles. The van der Waals surface area contributed by atoms with E-state index in [9.17, 15) is 5.11 Å². The van der Waals surface area contributed by atoms with E-state index in [2.05, 4.69) is 39.5 Å². The van der Waals surface area contributed by atoms with Crippen LogP contribution in [0.5, 0.6) is 0 Å². The summed E-state index contributed by atoms with van der Waals surface area (Å²) in [7, 11) is 0. The van der Waals surface area contributed by atoms with Crippen molar-refractivity contribution in [2.24, 2.45) is 5.41 Å². The lowest BCUT2D eigenvalue weighted by molar-refractivity contribution is 0.0804. The summed E-state index contributed by atoms with van der Waals surface area (Å²) in [5.74, 6) is 0. The molecule has 1 N–H and O–H groups in total. The van der Waals surface area contributed by atoms with Gasteiger partial charge < -0.3 is 10.0 Å². The van der Waals surface area contributed by atoms with Gasteiger partial charge in [-0.2, -0.15) is 0 Å². The summed E-state index contributed by atoms with van der Waals surface area (Å²) in [5.41, 5.74) is 0.0250. The second-order valence-electron chi connectivity index (χ2n) is 5.40. The average molecular weight is 215 g/mol. The quantitative estimate of drug-likeness (QED) is 0.673. The fourth-order valence-corrected chi connectivity index (χ4v) is 1.67. The smallest absolute Gasteiger partial charge is 0.0494 e. The number of rotatable bonds is 8. The summed E-state index contributed by atoms with van der Waals surface area (Å²) in [5, 5.41) is 9.30. The van der Waals surface area contributed by atoms with Gasteiger partial charge in [-0.05, 0) is 26.3 Å². The molecule has 0 fully saturated rings. The van der Waals surface area contributed by atoms with Crippen LogP contribution >= 0.6 is 0 Å². The molecule has 0 aromatic heterocycles. The lowest BCUT2D eigenvalue weighted by Crippen LogP contribution is -2.42. The van der Waals surface area contributed by atoms with Crippen LogP contribution in [-0.4, -0.2) is 35.7 Å². The lowest BCUT2D eigenvalue weighted by Gasteiger charge is -2.35. The topological polar surface area (TPSA) is 23.5 Å². The van der Waals surface area contributed by atoms with Crippen molar-refractivity contribution in [3.8, 4) is 0 Å². The van der Waals surface area contributed by atoms with Gasteiger partial charge in [0, 0.05) is 24.6 Å². The largest absolute Gasteiger partial charge is 0.396 e. The minimum atomic E-state index is 0.0250. The van der Waals surface area contributed by atoms with E-state index in [4.69, 9.17) is 0 Å². The molecule has 0 amide bonds. The van der Waals surface area contributed by atoms with Crippen molar-refractivity contribution in [3.63, 3.8) is 0 Å². The Balaban J connectivity index is 4.23. The van der Waals surface area contributed by atoms with E-state index in [1.54, 1.807) is 0 Å². The third-order valence-corrected chi connectivity index (χ3v) is 3.07. The average Bonchev–Trinajstić information content (AvgIpc) is 2.23. The Kier molecular flexibility index (Phi) is 7.20. The van der Waals surface area contributed by atoms with Crippen LogP contribution in [-0.2, 0) is 0 Å². The minimum Gasteiger partial charge on any atom is -0.396 e. The maximum atomic E-state index is 9.30. The van der Waals surface area contributed by atoms with Crippen molar-refractivity contribution in [3.05, 3.63) is 0 Å². The zero-order valence-corrected chi connectivity index (χ0v) is 11.2. The predicted octanol–water partition coefficient (Wildman–Crippen LogP) is 2.91. The first-order valence-electron chi connectivity index (χ1n) is 6.31. The summed E-state index contributed by atoms with van der Waals surface area (Å²) >= 11 is 0.